The summed E-state index contributed by atoms with van der Waals surface area (Å²) in [5, 5.41) is 1.64. The SMILES string of the molecule is CC1(C)[C@@H](/C=C(\Cl)c2ccc(Cl)cc2)[C@@H]1C(=O)ON1C(=O)c2ccccc2C1=O. The van der Waals surface area contributed by atoms with Gasteiger partial charge in [0.1, 0.15) is 0 Å². The van der Waals surface area contributed by atoms with Gasteiger partial charge in [0.15, 0.2) is 0 Å². The quantitative estimate of drug-likeness (QED) is 0.645. The number of rotatable bonds is 4. The zero-order valence-corrected chi connectivity index (χ0v) is 17.2. The Morgan fingerprint density at radius 1 is 1.03 bits per heavy atom. The molecule has 29 heavy (non-hydrogen) atoms. The first kappa shape index (κ1) is 19.7. The molecule has 0 bridgehead atoms. The molecule has 2 amide bonds. The molecule has 1 fully saturated rings. The number of hydrogen-bond acceptors (Lipinski definition) is 4. The van der Waals surface area contributed by atoms with Crippen molar-refractivity contribution in [3.05, 3.63) is 76.3 Å². The Hall–Kier alpha value is -2.63. The van der Waals surface area contributed by atoms with E-state index in [4.69, 9.17) is 28.0 Å². The van der Waals surface area contributed by atoms with Crippen LogP contribution in [0.25, 0.3) is 5.03 Å². The van der Waals surface area contributed by atoms with E-state index in [2.05, 4.69) is 0 Å². The molecule has 2 aromatic rings. The van der Waals surface area contributed by atoms with Gasteiger partial charge < -0.3 is 4.84 Å². The highest BCUT2D eigenvalue weighted by molar-refractivity contribution is 6.48. The predicted octanol–water partition coefficient (Wildman–Crippen LogP) is 4.95. The average Bonchev–Trinajstić information content (AvgIpc) is 3.15. The summed E-state index contributed by atoms with van der Waals surface area (Å²) in [6.07, 6.45) is 1.80. The molecule has 4 rings (SSSR count). The molecule has 0 aromatic heterocycles. The van der Waals surface area contributed by atoms with Crippen LogP contribution < -0.4 is 0 Å². The number of carbonyl (C=O) groups is 3. The molecule has 1 aliphatic carbocycles. The lowest BCUT2D eigenvalue weighted by Crippen LogP contribution is -2.33. The standard InChI is InChI=1S/C22H17Cl2NO4/c1-22(2)16(11-17(24)12-7-9-13(23)10-8-12)18(22)21(28)29-25-19(26)14-5-3-4-6-15(14)20(25)27/h3-11,16,18H,1-2H3/b17-11-/t16-,18+/m0/s1. The lowest BCUT2D eigenvalue weighted by atomic mass is 10.1. The molecular formula is C22H17Cl2NO4. The van der Waals surface area contributed by atoms with Crippen LogP contribution in [0.5, 0.6) is 0 Å². The fraction of sp³-hybridized carbons (Fsp3) is 0.227. The fourth-order valence-electron chi connectivity index (χ4n) is 3.70. The molecular weight excluding hydrogens is 413 g/mol. The zero-order valence-electron chi connectivity index (χ0n) is 15.7. The van der Waals surface area contributed by atoms with Crippen LogP contribution in [-0.4, -0.2) is 22.8 Å². The molecule has 0 radical (unpaired) electrons. The van der Waals surface area contributed by atoms with E-state index >= 15 is 0 Å². The van der Waals surface area contributed by atoms with Gasteiger partial charge in [-0.15, -0.1) is 0 Å². The van der Waals surface area contributed by atoms with E-state index < -0.39 is 29.1 Å². The highest BCUT2D eigenvalue weighted by atomic mass is 35.5. The zero-order chi connectivity index (χ0) is 20.9. The maximum Gasteiger partial charge on any atom is 0.337 e. The molecule has 5 nitrogen and oxygen atoms in total. The Bertz CT molecular complexity index is 1020. The normalized spacial score (nSPS) is 22.5. The Morgan fingerprint density at radius 2 is 1.59 bits per heavy atom. The first-order valence-electron chi connectivity index (χ1n) is 9.04. The number of amides is 2. The molecule has 2 aromatic carbocycles. The molecule has 148 valence electrons. The summed E-state index contributed by atoms with van der Waals surface area (Å²) >= 11 is 12.3. The number of nitrogens with zero attached hydrogens (tertiary/aromatic N) is 1. The molecule has 0 saturated heterocycles. The van der Waals surface area contributed by atoms with Crippen LogP contribution in [0.15, 0.2) is 54.6 Å². The Labute approximate surface area is 177 Å². The number of hydroxylamine groups is 2. The molecule has 1 heterocycles. The lowest BCUT2D eigenvalue weighted by molar-refractivity contribution is -0.171. The summed E-state index contributed by atoms with van der Waals surface area (Å²) in [4.78, 5) is 42.8. The van der Waals surface area contributed by atoms with Gasteiger partial charge in [-0.2, -0.15) is 0 Å². The second-order valence-electron chi connectivity index (χ2n) is 7.71. The van der Waals surface area contributed by atoms with Gasteiger partial charge in [-0.25, -0.2) is 4.79 Å². The Balaban J connectivity index is 1.50. The van der Waals surface area contributed by atoms with Crippen LogP contribution in [0, 0.1) is 17.3 Å². The topological polar surface area (TPSA) is 63.7 Å². The molecule has 1 aliphatic heterocycles. The van der Waals surface area contributed by atoms with Crippen molar-refractivity contribution in [3.8, 4) is 0 Å². The average molecular weight is 430 g/mol. The second kappa shape index (κ2) is 7.01. The van der Waals surface area contributed by atoms with Gasteiger partial charge in [0.25, 0.3) is 11.8 Å². The predicted molar refractivity (Wildman–Crippen MR) is 109 cm³/mol. The van der Waals surface area contributed by atoms with Gasteiger partial charge in [-0.1, -0.05) is 72.5 Å². The fourth-order valence-corrected chi connectivity index (χ4v) is 4.09. The Morgan fingerprint density at radius 3 is 2.14 bits per heavy atom. The maximum atomic E-state index is 12.7. The molecule has 0 N–H and O–H groups in total. The van der Waals surface area contributed by atoms with Crippen molar-refractivity contribution in [2.75, 3.05) is 0 Å². The number of halogens is 2. The highest BCUT2D eigenvalue weighted by Gasteiger charge is 2.62. The van der Waals surface area contributed by atoms with Gasteiger partial charge in [0.2, 0.25) is 0 Å². The summed E-state index contributed by atoms with van der Waals surface area (Å²) in [7, 11) is 0. The summed E-state index contributed by atoms with van der Waals surface area (Å²) in [6.45, 7) is 3.82. The van der Waals surface area contributed by atoms with Crippen LogP contribution in [-0.2, 0) is 9.63 Å². The second-order valence-corrected chi connectivity index (χ2v) is 8.55. The maximum absolute atomic E-state index is 12.7. The van der Waals surface area contributed by atoms with E-state index in [1.807, 2.05) is 13.8 Å². The van der Waals surface area contributed by atoms with Crippen LogP contribution in [0.4, 0.5) is 0 Å². The van der Waals surface area contributed by atoms with Gasteiger partial charge in [-0.05, 0) is 41.2 Å². The van der Waals surface area contributed by atoms with E-state index in [-0.39, 0.29) is 17.0 Å². The van der Waals surface area contributed by atoms with E-state index in [1.54, 1.807) is 42.5 Å². The van der Waals surface area contributed by atoms with Crippen molar-refractivity contribution in [2.24, 2.45) is 17.3 Å². The summed E-state index contributed by atoms with van der Waals surface area (Å²) in [5.41, 5.74) is 0.818. The monoisotopic (exact) mass is 429 g/mol. The third kappa shape index (κ3) is 3.34. The highest BCUT2D eigenvalue weighted by Crippen LogP contribution is 2.60. The third-order valence-electron chi connectivity index (χ3n) is 5.55. The van der Waals surface area contributed by atoms with E-state index in [9.17, 15) is 14.4 Å². The smallest absolute Gasteiger partial charge is 0.329 e. The molecule has 2 atom stereocenters. The van der Waals surface area contributed by atoms with Crippen molar-refractivity contribution in [1.82, 2.24) is 5.06 Å². The third-order valence-corrected chi connectivity index (χ3v) is 6.14. The molecule has 1 saturated carbocycles. The number of imide groups is 1. The van der Waals surface area contributed by atoms with Crippen molar-refractivity contribution >= 4 is 46.0 Å². The molecule has 0 spiro atoms. The van der Waals surface area contributed by atoms with Crippen LogP contribution >= 0.6 is 23.2 Å². The summed E-state index contributed by atoms with van der Waals surface area (Å²) in [5.74, 6) is -2.61. The molecule has 0 unspecified atom stereocenters. The van der Waals surface area contributed by atoms with Crippen molar-refractivity contribution in [1.29, 1.82) is 0 Å². The van der Waals surface area contributed by atoms with Gasteiger partial charge in [0, 0.05) is 10.1 Å². The van der Waals surface area contributed by atoms with Crippen LogP contribution in [0.2, 0.25) is 5.02 Å². The van der Waals surface area contributed by atoms with Crippen LogP contribution in [0.1, 0.15) is 40.1 Å². The summed E-state index contributed by atoms with van der Waals surface area (Å²) < 4.78 is 0. The van der Waals surface area contributed by atoms with Gasteiger partial charge in [-0.3, -0.25) is 9.59 Å². The van der Waals surface area contributed by atoms with E-state index in [0.717, 1.165) is 5.56 Å². The first-order chi connectivity index (χ1) is 13.7. The van der Waals surface area contributed by atoms with Crippen molar-refractivity contribution in [3.63, 3.8) is 0 Å². The minimum Gasteiger partial charge on any atom is -0.329 e. The molecule has 2 aliphatic rings. The van der Waals surface area contributed by atoms with Crippen molar-refractivity contribution in [2.45, 2.75) is 13.8 Å². The number of allylic oxidation sites excluding steroid dienone is 1. The lowest BCUT2D eigenvalue weighted by Gasteiger charge is -2.13. The van der Waals surface area contributed by atoms with Crippen LogP contribution in [0.3, 0.4) is 0 Å². The number of benzene rings is 2. The number of hydrogen-bond donors (Lipinski definition) is 0. The first-order valence-corrected chi connectivity index (χ1v) is 9.80. The minimum atomic E-state index is -0.635. The number of carbonyl (C=O) groups excluding carboxylic acids is 3. The number of fused-ring (bicyclic) bond motifs is 1. The Kier molecular flexibility index (Phi) is 4.75. The van der Waals surface area contributed by atoms with Crippen molar-refractivity contribution < 1.29 is 19.2 Å². The summed E-state index contributed by atoms with van der Waals surface area (Å²) in [6, 6.07) is 13.4. The van der Waals surface area contributed by atoms with Gasteiger partial charge >= 0.3 is 5.97 Å². The largest absolute Gasteiger partial charge is 0.337 e. The van der Waals surface area contributed by atoms with Gasteiger partial charge in [0.05, 0.1) is 17.0 Å². The minimum absolute atomic E-state index is 0.187. The molecule has 7 heteroatoms. The van der Waals surface area contributed by atoms with E-state index in [1.165, 1.54) is 12.1 Å². The van der Waals surface area contributed by atoms with E-state index in [0.29, 0.717) is 15.1 Å².